The van der Waals surface area contributed by atoms with Crippen LogP contribution in [-0.2, 0) is 55.8 Å². The Morgan fingerprint density at radius 3 is 0.642 bits per heavy atom. The Morgan fingerprint density at radius 1 is 0.228 bits per heavy atom. The number of unbranched alkanes of at least 4 members (excludes halogenated alkanes) is 33. The molecule has 0 aromatic carbocycles. The minimum absolute atomic E-state index is 0.0841. The third kappa shape index (κ3) is 96.6. The van der Waals surface area contributed by atoms with E-state index in [1.54, 1.807) is 0 Å². The van der Waals surface area contributed by atoms with Crippen LogP contribution in [0.25, 0.3) is 0 Å². The number of carbonyl (C=O) groups is 3. The number of carbonyl (C=O) groups excluding carboxylic acids is 3. The fourth-order valence-corrected chi connectivity index (χ4v) is 14.4. The molecule has 0 aliphatic rings. The molecule has 0 rings (SSSR count). The van der Waals surface area contributed by atoms with Crippen molar-refractivity contribution in [2.75, 3.05) is 39.6 Å². The number of aliphatic hydroxyl groups is 2. The summed E-state index contributed by atoms with van der Waals surface area (Å²) in [6, 6.07) is 0. The van der Waals surface area contributed by atoms with Gasteiger partial charge in [-0.3, -0.25) is 32.5 Å². The van der Waals surface area contributed by atoms with Crippen LogP contribution in [0.15, 0.2) is 207 Å². The fraction of sp³-hybridized carbons (Fsp3) is 0.648. The van der Waals surface area contributed by atoms with E-state index >= 15 is 0 Å². The molecule has 0 spiro atoms. The molecule has 0 aromatic heterocycles. The highest BCUT2D eigenvalue weighted by Gasteiger charge is 2.30. The Kier molecular flexibility index (Phi) is 90.7. The van der Waals surface area contributed by atoms with E-state index in [4.69, 9.17) is 32.3 Å². The molecule has 0 aromatic rings. The lowest BCUT2D eigenvalue weighted by atomic mass is 10.0. The lowest BCUT2D eigenvalue weighted by Gasteiger charge is -2.21. The van der Waals surface area contributed by atoms with Gasteiger partial charge in [0.1, 0.15) is 25.4 Å². The number of phosphoric ester groups is 2. The minimum Gasteiger partial charge on any atom is -0.463 e. The van der Waals surface area contributed by atoms with Gasteiger partial charge in [0.05, 0.1) is 26.4 Å². The summed E-state index contributed by atoms with van der Waals surface area (Å²) in [5.74, 6) is -1.59. The number of hydrogen-bond donors (Lipinski definition) is 4. The van der Waals surface area contributed by atoms with Crippen LogP contribution in [0.4, 0.5) is 0 Å². The largest absolute Gasteiger partial charge is 0.472 e. The number of aliphatic hydroxyl groups excluding tert-OH is 2. The Hall–Kier alpha value is -5.87. The number of ether oxygens (including phenoxy) is 3. The minimum atomic E-state index is -4.95. The van der Waals surface area contributed by atoms with E-state index in [2.05, 4.69) is 227 Å². The highest BCUT2D eigenvalue weighted by Crippen LogP contribution is 2.45. The molecule has 0 radical (unpaired) electrons. The zero-order chi connectivity index (χ0) is 89.3. The van der Waals surface area contributed by atoms with E-state index in [0.29, 0.717) is 19.3 Å². The molecule has 4 N–H and O–H groups in total. The first kappa shape index (κ1) is 117. The van der Waals surface area contributed by atoms with Crippen LogP contribution in [0.5, 0.6) is 0 Å². The molecule has 0 aliphatic carbocycles. The molecule has 0 heterocycles. The topological polar surface area (TPSA) is 231 Å². The monoisotopic (exact) mass is 1750 g/mol. The van der Waals surface area contributed by atoms with Gasteiger partial charge in [0.2, 0.25) is 0 Å². The van der Waals surface area contributed by atoms with E-state index in [9.17, 15) is 43.5 Å². The molecule has 5 unspecified atom stereocenters. The quantitative estimate of drug-likeness (QED) is 0.0146. The second-order valence-electron chi connectivity index (χ2n) is 31.7. The molecule has 0 saturated heterocycles. The van der Waals surface area contributed by atoms with Gasteiger partial charge in [0.25, 0.3) is 0 Å². The van der Waals surface area contributed by atoms with Gasteiger partial charge in [-0.2, -0.15) is 0 Å². The van der Waals surface area contributed by atoms with Crippen molar-refractivity contribution in [1.82, 2.24) is 0 Å². The first-order valence-electron chi connectivity index (χ1n) is 48.4. The molecule has 700 valence electrons. The van der Waals surface area contributed by atoms with Crippen molar-refractivity contribution < 1.29 is 75.8 Å². The van der Waals surface area contributed by atoms with E-state index in [1.165, 1.54) is 116 Å². The van der Waals surface area contributed by atoms with Crippen LogP contribution in [0.3, 0.4) is 0 Å². The lowest BCUT2D eigenvalue weighted by Crippen LogP contribution is -2.30. The summed E-state index contributed by atoms with van der Waals surface area (Å²) in [5.41, 5.74) is 0. The molecule has 0 aliphatic heterocycles. The van der Waals surface area contributed by atoms with Crippen molar-refractivity contribution >= 4 is 33.6 Å². The first-order valence-corrected chi connectivity index (χ1v) is 51.4. The molecular weight excluding hydrogens is 1580 g/mol. The van der Waals surface area contributed by atoms with E-state index < -0.39 is 91.5 Å². The van der Waals surface area contributed by atoms with Crippen molar-refractivity contribution in [2.45, 2.75) is 399 Å². The fourth-order valence-electron chi connectivity index (χ4n) is 12.8. The zero-order valence-corrected chi connectivity index (χ0v) is 79.1. The number of allylic oxidation sites excluding steroid dienone is 34. The summed E-state index contributed by atoms with van der Waals surface area (Å²) in [6.07, 6.45) is 129. The van der Waals surface area contributed by atoms with Crippen LogP contribution >= 0.6 is 15.6 Å². The summed E-state index contributed by atoms with van der Waals surface area (Å²) < 4.78 is 61.6. The predicted molar refractivity (Wildman–Crippen MR) is 518 cm³/mol. The van der Waals surface area contributed by atoms with Gasteiger partial charge in [-0.05, 0) is 167 Å². The molecule has 18 heteroatoms. The van der Waals surface area contributed by atoms with E-state index in [0.717, 1.165) is 205 Å². The van der Waals surface area contributed by atoms with Crippen molar-refractivity contribution in [3.05, 3.63) is 207 Å². The van der Waals surface area contributed by atoms with Crippen LogP contribution in [0.2, 0.25) is 0 Å². The second kappa shape index (κ2) is 95.2. The number of phosphoric acid groups is 2. The zero-order valence-electron chi connectivity index (χ0n) is 77.3. The maximum absolute atomic E-state index is 13.1. The summed E-state index contributed by atoms with van der Waals surface area (Å²) in [5, 5.41) is 20.8. The van der Waals surface area contributed by atoms with Crippen LogP contribution in [0.1, 0.15) is 380 Å². The normalized spacial score (nSPS) is 14.6. The van der Waals surface area contributed by atoms with Crippen molar-refractivity contribution in [1.29, 1.82) is 0 Å². The molecular formula is C105H174O16P2. The average Bonchev–Trinajstić information content (AvgIpc) is 0.890. The van der Waals surface area contributed by atoms with Crippen molar-refractivity contribution in [2.24, 2.45) is 0 Å². The Labute approximate surface area is 750 Å². The first-order chi connectivity index (χ1) is 60.2. The second-order valence-corrected chi connectivity index (χ2v) is 34.6. The van der Waals surface area contributed by atoms with Gasteiger partial charge >= 0.3 is 33.6 Å². The Morgan fingerprint density at radius 2 is 0.407 bits per heavy atom. The van der Waals surface area contributed by atoms with Gasteiger partial charge in [-0.15, -0.1) is 0 Å². The number of esters is 3. The summed E-state index contributed by atoms with van der Waals surface area (Å²) in [6.45, 7) is 2.36. The molecule has 0 bridgehead atoms. The van der Waals surface area contributed by atoms with Crippen LogP contribution in [-0.4, -0.2) is 95.9 Å². The molecule has 0 fully saturated rings. The molecule has 0 amide bonds. The summed E-state index contributed by atoms with van der Waals surface area (Å²) in [4.78, 5) is 59.1. The third-order valence-electron chi connectivity index (χ3n) is 20.0. The van der Waals surface area contributed by atoms with Gasteiger partial charge in [-0.1, -0.05) is 401 Å². The van der Waals surface area contributed by atoms with Crippen LogP contribution < -0.4 is 0 Å². The SMILES string of the molecule is CC/C=C\C/C=C\C/C=C\C/C=C\C/C=C\C/C=C\CCCCCCCCCCCCCCCCCCC(=O)OCC(O)COP(=O)(O)OCC(O)COP(=O)(O)OCC(COC(=O)CCCCCCCCCCCC/C=C\C/C=C\C/C=C\C/C=C\C/C=C\C/C=C\CC)OC(=O)CCCCCCCCC/C=C\C/C=C\C/C=C\C/C=C\C/C=C\CC. The average molecular weight is 1750 g/mol. The number of hydrogen-bond acceptors (Lipinski definition) is 14. The molecule has 123 heavy (non-hydrogen) atoms. The number of rotatable bonds is 90. The molecule has 5 atom stereocenters. The van der Waals surface area contributed by atoms with Gasteiger partial charge in [0, 0.05) is 19.3 Å². The molecule has 0 saturated carbocycles. The standard InChI is InChI=1S/C105H174O16P2/c1-4-7-10-13-16-19-22-25-28-31-34-37-40-42-44-46-47-48-49-50-51-53-55-56-59-61-64-67-70-73-76-79-82-85-88-91-103(108)115-94-100(106)95-117-122(111,112)118-96-101(107)97-119-123(113,114)120-99-102(121-105(110)93-90-87-84-81-78-75-72-69-66-63-58-39-36-33-30-27-24-21-18-15-12-9-6-3)98-116-104(109)92-89-86-83-80-77-74-71-68-65-62-60-57-54-52-45-43-41-38-35-32-29-26-23-20-17-14-11-8-5-2/h7-12,16-21,25-30,34-39,42-45,47-48,54,57,63,66,100-102,106-107H,4-6,13-15,22-24,31-33,40-41,46,49-53,55-56,58-62,64-65,67-99H2,1-3H3,(H,111,112)(H,113,114)/b10-7-,11-8-,12-9-,19-16-,20-17-,21-18-,28-25-,29-26-,30-27-,37-34-,38-35-,39-36-,44-42-,45-43-,48-47-,57-54-,66-63-. The molecule has 16 nitrogen and oxygen atoms in total. The maximum Gasteiger partial charge on any atom is 0.472 e. The highest BCUT2D eigenvalue weighted by molar-refractivity contribution is 7.47. The van der Waals surface area contributed by atoms with Gasteiger partial charge < -0.3 is 34.2 Å². The van der Waals surface area contributed by atoms with Crippen LogP contribution in [0, 0.1) is 0 Å². The van der Waals surface area contributed by atoms with Gasteiger partial charge in [0.15, 0.2) is 6.10 Å². The highest BCUT2D eigenvalue weighted by atomic mass is 31.2. The Bertz CT molecular complexity index is 3070. The predicted octanol–water partition coefficient (Wildman–Crippen LogP) is 30.3. The Balaban J connectivity index is 4.59. The third-order valence-corrected chi connectivity index (χ3v) is 21.9. The van der Waals surface area contributed by atoms with Crippen molar-refractivity contribution in [3.8, 4) is 0 Å². The summed E-state index contributed by atoms with van der Waals surface area (Å²) >= 11 is 0. The van der Waals surface area contributed by atoms with E-state index in [1.807, 2.05) is 0 Å². The maximum atomic E-state index is 13.1. The van der Waals surface area contributed by atoms with Gasteiger partial charge in [-0.25, -0.2) is 9.13 Å². The summed E-state index contributed by atoms with van der Waals surface area (Å²) in [7, 11) is -9.83. The lowest BCUT2D eigenvalue weighted by molar-refractivity contribution is -0.161. The van der Waals surface area contributed by atoms with Crippen molar-refractivity contribution in [3.63, 3.8) is 0 Å². The smallest absolute Gasteiger partial charge is 0.463 e. The van der Waals surface area contributed by atoms with E-state index in [-0.39, 0.29) is 19.3 Å².